The Balaban J connectivity index is 1.22. The molecule has 1 aromatic carbocycles. The number of rotatable bonds is 9. The van der Waals surface area contributed by atoms with Crippen molar-refractivity contribution in [2.75, 3.05) is 26.2 Å². The summed E-state index contributed by atoms with van der Waals surface area (Å²) in [5.74, 6) is 0.912. The van der Waals surface area contributed by atoms with Crippen molar-refractivity contribution < 1.29 is 14.7 Å². The molecule has 0 radical (unpaired) electrons. The third-order valence-corrected chi connectivity index (χ3v) is 6.53. The van der Waals surface area contributed by atoms with Crippen LogP contribution in [0.3, 0.4) is 0 Å². The van der Waals surface area contributed by atoms with Crippen LogP contribution in [0.5, 0.6) is 0 Å². The summed E-state index contributed by atoms with van der Waals surface area (Å²) in [4.78, 5) is 31.4. The summed E-state index contributed by atoms with van der Waals surface area (Å²) in [5.41, 5.74) is 1.08. The zero-order valence-corrected chi connectivity index (χ0v) is 18.0. The summed E-state index contributed by atoms with van der Waals surface area (Å²) in [6.45, 7) is 4.03. The maximum absolute atomic E-state index is 12.7. The van der Waals surface area contributed by atoms with E-state index >= 15 is 0 Å². The molecule has 1 saturated heterocycles. The van der Waals surface area contributed by atoms with Gasteiger partial charge in [-0.3, -0.25) is 19.5 Å². The molecule has 2 amide bonds. The van der Waals surface area contributed by atoms with Crippen LogP contribution >= 0.6 is 0 Å². The molecule has 7 heteroatoms. The number of nitrogens with zero attached hydrogens (tertiary/aromatic N) is 2. The van der Waals surface area contributed by atoms with Crippen LogP contribution < -0.4 is 10.6 Å². The normalized spacial score (nSPS) is 27.7. The zero-order chi connectivity index (χ0) is 21.8. The molecule has 1 saturated carbocycles. The first-order valence-electron chi connectivity index (χ1n) is 11.4. The summed E-state index contributed by atoms with van der Waals surface area (Å²) in [6, 6.07) is 9.86. The molecular formula is C24H32N4O3. The number of hydrogen-bond donors (Lipinski definition) is 3. The Kier molecular flexibility index (Phi) is 6.70. The van der Waals surface area contributed by atoms with Gasteiger partial charge >= 0.3 is 0 Å². The molecular weight excluding hydrogens is 392 g/mol. The lowest BCUT2D eigenvalue weighted by Gasteiger charge is -2.18. The van der Waals surface area contributed by atoms with Gasteiger partial charge in [0.2, 0.25) is 11.8 Å². The predicted octanol–water partition coefficient (Wildman–Crippen LogP) is 1.34. The molecule has 5 unspecified atom stereocenters. The number of benzene rings is 1. The summed E-state index contributed by atoms with van der Waals surface area (Å²) in [6.07, 6.45) is 5.86. The van der Waals surface area contributed by atoms with E-state index in [1.807, 2.05) is 37.3 Å². The number of amides is 2. The summed E-state index contributed by atoms with van der Waals surface area (Å²) in [7, 11) is 0. The zero-order valence-electron chi connectivity index (χ0n) is 18.0. The first-order chi connectivity index (χ1) is 15.1. The number of allylic oxidation sites excluding steroid dienone is 2. The molecule has 2 fully saturated rings. The van der Waals surface area contributed by atoms with E-state index < -0.39 is 6.10 Å². The lowest BCUT2D eigenvalue weighted by molar-refractivity contribution is -0.140. The number of aliphatic imine (C=N–C) groups is 1. The smallest absolute Gasteiger partial charge is 0.233 e. The van der Waals surface area contributed by atoms with E-state index in [1.54, 1.807) is 0 Å². The molecule has 4 rings (SSSR count). The molecule has 3 N–H and O–H groups in total. The van der Waals surface area contributed by atoms with E-state index in [0.29, 0.717) is 45.0 Å². The average Bonchev–Trinajstić information content (AvgIpc) is 3.45. The van der Waals surface area contributed by atoms with Crippen molar-refractivity contribution in [1.29, 1.82) is 0 Å². The van der Waals surface area contributed by atoms with Gasteiger partial charge < -0.3 is 15.7 Å². The predicted molar refractivity (Wildman–Crippen MR) is 119 cm³/mol. The van der Waals surface area contributed by atoms with Crippen molar-refractivity contribution in [2.24, 2.45) is 28.7 Å². The van der Waals surface area contributed by atoms with Gasteiger partial charge in [-0.25, -0.2) is 0 Å². The lowest BCUT2D eigenvalue weighted by atomic mass is 9.85. The summed E-state index contributed by atoms with van der Waals surface area (Å²) >= 11 is 0. The highest BCUT2D eigenvalue weighted by molar-refractivity contribution is 6.06. The van der Waals surface area contributed by atoms with Crippen molar-refractivity contribution in [1.82, 2.24) is 15.5 Å². The first-order valence-corrected chi connectivity index (χ1v) is 11.4. The highest BCUT2D eigenvalue weighted by atomic mass is 16.3. The summed E-state index contributed by atoms with van der Waals surface area (Å²) in [5, 5.41) is 16.7. The number of carbonyl (C=O) groups excluding carboxylic acids is 2. The van der Waals surface area contributed by atoms with Gasteiger partial charge in [0.05, 0.1) is 24.5 Å². The number of carbonyl (C=O) groups is 2. The minimum absolute atomic E-state index is 0.0106. The molecule has 31 heavy (non-hydrogen) atoms. The number of fused-ring (bicyclic) bond motifs is 5. The number of hydrogen-bond acceptors (Lipinski definition) is 4. The van der Waals surface area contributed by atoms with Crippen molar-refractivity contribution >= 4 is 17.8 Å². The van der Waals surface area contributed by atoms with E-state index in [4.69, 9.17) is 0 Å². The topological polar surface area (TPSA) is 94.0 Å². The fourth-order valence-electron chi connectivity index (χ4n) is 5.12. The molecule has 3 aliphatic rings. The van der Waals surface area contributed by atoms with Gasteiger partial charge in [-0.2, -0.15) is 0 Å². The highest BCUT2D eigenvalue weighted by Gasteiger charge is 2.58. The Bertz CT molecular complexity index is 824. The van der Waals surface area contributed by atoms with E-state index in [9.17, 15) is 14.7 Å². The standard InChI is InChI=1S/C24H32N4O3/c1-2-25-24(27-15-19(29)13-16-7-4-3-5-8-16)26-11-6-12-28-22(30)20-17-9-10-18(14-17)21(20)23(28)31/h3-5,7-10,17-21,29H,2,6,11-15H2,1H3,(H2,25,26,27). The van der Waals surface area contributed by atoms with Crippen molar-refractivity contribution in [2.45, 2.75) is 32.3 Å². The quantitative estimate of drug-likeness (QED) is 0.183. The van der Waals surface area contributed by atoms with Crippen LogP contribution in [-0.2, 0) is 16.0 Å². The molecule has 5 atom stereocenters. The monoisotopic (exact) mass is 424 g/mol. The SMILES string of the molecule is CCNC(=NCC(O)Cc1ccccc1)NCCCN1C(=O)C2C3C=CC(C3)C2C1=O. The van der Waals surface area contributed by atoms with E-state index in [2.05, 4.69) is 27.8 Å². The van der Waals surface area contributed by atoms with Crippen molar-refractivity contribution in [3.8, 4) is 0 Å². The molecule has 0 aromatic heterocycles. The van der Waals surface area contributed by atoms with Gasteiger partial charge in [0.25, 0.3) is 0 Å². The maximum Gasteiger partial charge on any atom is 0.233 e. The largest absolute Gasteiger partial charge is 0.391 e. The number of aliphatic hydroxyl groups excluding tert-OH is 1. The van der Waals surface area contributed by atoms with Crippen molar-refractivity contribution in [3.63, 3.8) is 0 Å². The lowest BCUT2D eigenvalue weighted by Crippen LogP contribution is -2.40. The van der Waals surface area contributed by atoms with Crippen molar-refractivity contribution in [3.05, 3.63) is 48.0 Å². The van der Waals surface area contributed by atoms with Gasteiger partial charge in [-0.15, -0.1) is 0 Å². The fraction of sp³-hybridized carbons (Fsp3) is 0.542. The Hall–Kier alpha value is -2.67. The maximum atomic E-state index is 12.7. The Morgan fingerprint density at radius 1 is 1.13 bits per heavy atom. The van der Waals surface area contributed by atoms with Crippen LogP contribution in [0.2, 0.25) is 0 Å². The second-order valence-electron chi connectivity index (χ2n) is 8.67. The molecule has 2 aliphatic carbocycles. The highest BCUT2D eigenvalue weighted by Crippen LogP contribution is 2.52. The Labute approximate surface area is 183 Å². The third kappa shape index (κ3) is 4.66. The van der Waals surface area contributed by atoms with Crippen LogP contribution in [0.4, 0.5) is 0 Å². The molecule has 1 heterocycles. The number of guanidine groups is 1. The molecule has 1 aromatic rings. The Morgan fingerprint density at radius 3 is 2.45 bits per heavy atom. The third-order valence-electron chi connectivity index (χ3n) is 6.53. The van der Waals surface area contributed by atoms with Gasteiger partial charge in [0, 0.05) is 26.1 Å². The molecule has 1 aliphatic heterocycles. The minimum Gasteiger partial charge on any atom is -0.391 e. The second-order valence-corrected chi connectivity index (χ2v) is 8.67. The number of aliphatic hydroxyl groups is 1. The molecule has 7 nitrogen and oxygen atoms in total. The van der Waals surface area contributed by atoms with Crippen LogP contribution in [0.15, 0.2) is 47.5 Å². The van der Waals surface area contributed by atoms with Crippen LogP contribution in [0.25, 0.3) is 0 Å². The van der Waals surface area contributed by atoms with Crippen LogP contribution in [0, 0.1) is 23.7 Å². The van der Waals surface area contributed by atoms with E-state index in [1.165, 1.54) is 4.90 Å². The van der Waals surface area contributed by atoms with Gasteiger partial charge in [0.15, 0.2) is 5.96 Å². The minimum atomic E-state index is -0.555. The van der Waals surface area contributed by atoms with Gasteiger partial charge in [-0.05, 0) is 37.2 Å². The summed E-state index contributed by atoms with van der Waals surface area (Å²) < 4.78 is 0. The number of nitrogens with one attached hydrogen (secondary N) is 2. The van der Waals surface area contributed by atoms with E-state index in [0.717, 1.165) is 12.0 Å². The van der Waals surface area contributed by atoms with Gasteiger partial charge in [0.1, 0.15) is 0 Å². The second kappa shape index (κ2) is 9.64. The molecule has 166 valence electrons. The fourth-order valence-corrected chi connectivity index (χ4v) is 5.12. The Morgan fingerprint density at radius 2 is 1.81 bits per heavy atom. The van der Waals surface area contributed by atoms with E-state index in [-0.39, 0.29) is 35.5 Å². The number of imide groups is 1. The number of likely N-dealkylation sites (tertiary alicyclic amines) is 1. The first kappa shape index (κ1) is 21.6. The molecule has 2 bridgehead atoms. The van der Waals surface area contributed by atoms with Gasteiger partial charge in [-0.1, -0.05) is 42.5 Å². The average molecular weight is 425 g/mol. The molecule has 0 spiro atoms. The van der Waals surface area contributed by atoms with Crippen LogP contribution in [0.1, 0.15) is 25.3 Å². The van der Waals surface area contributed by atoms with Crippen LogP contribution in [-0.4, -0.2) is 60.1 Å².